The summed E-state index contributed by atoms with van der Waals surface area (Å²) in [5.74, 6) is 0.771. The monoisotopic (exact) mass is 450 g/mol. The van der Waals surface area contributed by atoms with Crippen LogP contribution in [-0.2, 0) is 4.43 Å². The molecule has 2 aromatic carbocycles. The van der Waals surface area contributed by atoms with Crippen molar-refractivity contribution in [3.8, 4) is 0 Å². The van der Waals surface area contributed by atoms with E-state index in [-0.39, 0.29) is 35.5 Å². The lowest BCUT2D eigenvalue weighted by atomic mass is 9.63. The number of hydrogen-bond donors (Lipinski definition) is 2. The zero-order valence-corrected chi connectivity index (χ0v) is 20.8. The van der Waals surface area contributed by atoms with E-state index in [4.69, 9.17) is 4.43 Å². The Bertz CT molecular complexity index is 866. The van der Waals surface area contributed by atoms with Gasteiger partial charge in [-0.3, -0.25) is 0 Å². The molecule has 3 nitrogen and oxygen atoms in total. The standard InChI is InChI=1S/C28H38O3Si/c1-20-15-16-21-17-22(18-26(30)27(21)25(20)19-29)31-32(28(2,3)4,23-11-7-5-8-12-23)24-13-9-6-10-14-24/h5-16,20-22,25-27,29-30H,17-19H2,1-4H3/t20-,21?,22+,25-,26-,27?/m0/s1. The molecule has 32 heavy (non-hydrogen) atoms. The highest BCUT2D eigenvalue weighted by molar-refractivity contribution is 6.99. The summed E-state index contributed by atoms with van der Waals surface area (Å²) in [6.45, 7) is 9.16. The molecule has 2 N–H and O–H groups in total. The second-order valence-electron chi connectivity index (χ2n) is 10.8. The summed E-state index contributed by atoms with van der Waals surface area (Å²) in [6.07, 6.45) is 5.54. The van der Waals surface area contributed by atoms with Crippen molar-refractivity contribution in [3.05, 3.63) is 72.8 Å². The molecule has 0 radical (unpaired) electrons. The van der Waals surface area contributed by atoms with Crippen LogP contribution in [0.5, 0.6) is 0 Å². The molecule has 2 aromatic rings. The summed E-state index contributed by atoms with van der Waals surface area (Å²) in [6, 6.07) is 21.4. The Morgan fingerprint density at radius 3 is 1.97 bits per heavy atom. The van der Waals surface area contributed by atoms with E-state index in [9.17, 15) is 10.2 Å². The predicted molar refractivity (Wildman–Crippen MR) is 134 cm³/mol. The van der Waals surface area contributed by atoms with Crippen molar-refractivity contribution in [1.29, 1.82) is 0 Å². The Hall–Kier alpha value is -1.72. The average molecular weight is 451 g/mol. The van der Waals surface area contributed by atoms with Crippen LogP contribution < -0.4 is 10.4 Å². The number of fused-ring (bicyclic) bond motifs is 1. The van der Waals surface area contributed by atoms with Gasteiger partial charge in [0.05, 0.1) is 6.10 Å². The average Bonchev–Trinajstić information content (AvgIpc) is 2.78. The zero-order valence-electron chi connectivity index (χ0n) is 19.8. The van der Waals surface area contributed by atoms with E-state index in [0.717, 1.165) is 6.42 Å². The van der Waals surface area contributed by atoms with Crippen molar-refractivity contribution in [2.75, 3.05) is 6.61 Å². The number of allylic oxidation sites excluding steroid dienone is 2. The van der Waals surface area contributed by atoms with Gasteiger partial charge >= 0.3 is 0 Å². The van der Waals surface area contributed by atoms with Gasteiger partial charge in [-0.1, -0.05) is 101 Å². The van der Waals surface area contributed by atoms with Crippen molar-refractivity contribution < 1.29 is 14.6 Å². The third kappa shape index (κ3) is 4.14. The van der Waals surface area contributed by atoms with Crippen molar-refractivity contribution in [1.82, 2.24) is 0 Å². The van der Waals surface area contributed by atoms with Gasteiger partial charge in [-0.25, -0.2) is 0 Å². The van der Waals surface area contributed by atoms with Crippen LogP contribution in [0, 0.1) is 23.7 Å². The molecule has 4 rings (SSSR count). The molecule has 0 saturated heterocycles. The van der Waals surface area contributed by atoms with Gasteiger partial charge < -0.3 is 14.6 Å². The first-order valence-electron chi connectivity index (χ1n) is 12.0. The predicted octanol–water partition coefficient (Wildman–Crippen LogP) is 4.13. The second-order valence-corrected chi connectivity index (χ2v) is 15.0. The SMILES string of the molecule is C[C@H]1C=CC2C[C@@H](O[Si](c3ccccc3)(c3ccccc3)C(C)(C)C)C[C@H](O)C2[C@H]1CO. The molecule has 0 bridgehead atoms. The van der Waals surface area contributed by atoms with Crippen LogP contribution in [0.3, 0.4) is 0 Å². The van der Waals surface area contributed by atoms with E-state index >= 15 is 0 Å². The first kappa shape index (κ1) is 23.4. The quantitative estimate of drug-likeness (QED) is 0.532. The van der Waals surface area contributed by atoms with Gasteiger partial charge in [0.15, 0.2) is 0 Å². The van der Waals surface area contributed by atoms with Crippen LogP contribution in [0.4, 0.5) is 0 Å². The topological polar surface area (TPSA) is 49.7 Å². The van der Waals surface area contributed by atoms with Crippen LogP contribution in [0.25, 0.3) is 0 Å². The normalized spacial score (nSPS) is 30.7. The molecule has 172 valence electrons. The first-order chi connectivity index (χ1) is 15.3. The van der Waals surface area contributed by atoms with E-state index in [0.29, 0.717) is 12.3 Å². The summed E-state index contributed by atoms with van der Waals surface area (Å²) in [5.41, 5.74) is 0. The Kier molecular flexibility index (Phi) is 6.78. The van der Waals surface area contributed by atoms with Crippen molar-refractivity contribution in [2.45, 2.75) is 57.8 Å². The van der Waals surface area contributed by atoms with Gasteiger partial charge in [0.2, 0.25) is 0 Å². The summed E-state index contributed by atoms with van der Waals surface area (Å²) >= 11 is 0. The van der Waals surface area contributed by atoms with E-state index < -0.39 is 14.4 Å². The lowest BCUT2D eigenvalue weighted by molar-refractivity contribution is -0.0585. The number of aliphatic hydroxyl groups excluding tert-OH is 2. The molecule has 2 aliphatic carbocycles. The van der Waals surface area contributed by atoms with Gasteiger partial charge in [-0.05, 0) is 51.9 Å². The molecular formula is C28H38O3Si. The highest BCUT2D eigenvalue weighted by Gasteiger charge is 2.53. The fourth-order valence-corrected chi connectivity index (χ4v) is 10.9. The van der Waals surface area contributed by atoms with Crippen molar-refractivity contribution in [3.63, 3.8) is 0 Å². The van der Waals surface area contributed by atoms with Gasteiger partial charge in [0.25, 0.3) is 8.32 Å². The number of benzene rings is 2. The smallest absolute Gasteiger partial charge is 0.261 e. The van der Waals surface area contributed by atoms with E-state index in [1.807, 2.05) is 0 Å². The third-order valence-corrected chi connectivity index (χ3v) is 12.9. The van der Waals surface area contributed by atoms with Crippen LogP contribution >= 0.6 is 0 Å². The summed E-state index contributed by atoms with van der Waals surface area (Å²) < 4.78 is 7.31. The lowest BCUT2D eigenvalue weighted by Gasteiger charge is -2.50. The molecule has 0 aromatic heterocycles. The number of rotatable bonds is 5. The molecule has 1 saturated carbocycles. The van der Waals surface area contributed by atoms with Gasteiger partial charge in [0, 0.05) is 12.7 Å². The Balaban J connectivity index is 1.74. The van der Waals surface area contributed by atoms with E-state index in [1.165, 1.54) is 10.4 Å². The van der Waals surface area contributed by atoms with E-state index in [2.05, 4.69) is 101 Å². The highest BCUT2D eigenvalue weighted by atomic mass is 28.4. The molecule has 0 aliphatic heterocycles. The fraction of sp³-hybridized carbons (Fsp3) is 0.500. The van der Waals surface area contributed by atoms with Gasteiger partial charge in [-0.15, -0.1) is 0 Å². The molecule has 6 atom stereocenters. The molecule has 1 fully saturated rings. The molecule has 4 heteroatoms. The molecular weight excluding hydrogens is 412 g/mol. The molecule has 0 spiro atoms. The molecule has 2 aliphatic rings. The maximum atomic E-state index is 11.2. The Morgan fingerprint density at radius 2 is 1.47 bits per heavy atom. The summed E-state index contributed by atoms with van der Waals surface area (Å²) in [7, 11) is -2.65. The largest absolute Gasteiger partial charge is 0.404 e. The highest BCUT2D eigenvalue weighted by Crippen LogP contribution is 2.46. The van der Waals surface area contributed by atoms with Crippen LogP contribution in [0.1, 0.15) is 40.5 Å². The summed E-state index contributed by atoms with van der Waals surface area (Å²) in [5, 5.41) is 23.7. The maximum Gasteiger partial charge on any atom is 0.261 e. The van der Waals surface area contributed by atoms with Crippen LogP contribution in [0.2, 0.25) is 5.04 Å². The minimum atomic E-state index is -2.65. The fourth-order valence-electron chi connectivity index (χ4n) is 6.22. The number of hydrogen-bond acceptors (Lipinski definition) is 3. The number of aliphatic hydroxyl groups is 2. The third-order valence-electron chi connectivity index (χ3n) is 7.78. The zero-order chi connectivity index (χ0) is 22.9. The van der Waals surface area contributed by atoms with Crippen molar-refractivity contribution in [2.24, 2.45) is 23.7 Å². The Labute approximate surface area is 194 Å². The molecule has 0 heterocycles. The Morgan fingerprint density at radius 1 is 0.906 bits per heavy atom. The summed E-state index contributed by atoms with van der Waals surface area (Å²) in [4.78, 5) is 0. The van der Waals surface area contributed by atoms with Gasteiger partial charge in [-0.2, -0.15) is 0 Å². The van der Waals surface area contributed by atoms with Crippen LogP contribution in [0.15, 0.2) is 72.8 Å². The second kappa shape index (κ2) is 9.26. The van der Waals surface area contributed by atoms with Crippen LogP contribution in [-0.4, -0.2) is 37.3 Å². The minimum absolute atomic E-state index is 0.0186. The maximum absolute atomic E-state index is 11.2. The molecule has 2 unspecified atom stereocenters. The minimum Gasteiger partial charge on any atom is -0.404 e. The van der Waals surface area contributed by atoms with Gasteiger partial charge in [0.1, 0.15) is 0 Å². The lowest BCUT2D eigenvalue weighted by Crippen LogP contribution is -2.68. The van der Waals surface area contributed by atoms with E-state index in [1.54, 1.807) is 0 Å². The molecule has 0 amide bonds. The van der Waals surface area contributed by atoms with Crippen molar-refractivity contribution >= 4 is 18.7 Å². The first-order valence-corrected chi connectivity index (χ1v) is 13.9.